The topological polar surface area (TPSA) is 136 Å². The number of fused-ring (bicyclic) bond motifs is 1. The number of carbonyl (C=O) groups is 2. The summed E-state index contributed by atoms with van der Waals surface area (Å²) in [6.07, 6.45) is 0. The van der Waals surface area contributed by atoms with Crippen molar-refractivity contribution in [3.05, 3.63) is 60.2 Å². The molecule has 144 valence electrons. The molecule has 4 N–H and O–H groups in total. The van der Waals surface area contributed by atoms with Crippen molar-refractivity contribution < 1.29 is 27.3 Å². The maximum Gasteiger partial charge on any atom is 0.308 e. The van der Waals surface area contributed by atoms with E-state index in [1.165, 1.54) is 24.3 Å². The van der Waals surface area contributed by atoms with Crippen LogP contribution in [0.15, 0.2) is 59.5 Å². The molecule has 0 fully saturated rings. The number of amides is 1. The molecule has 0 saturated heterocycles. The molecule has 0 atom stereocenters. The highest BCUT2D eigenvalue weighted by Gasteiger charge is 2.22. The lowest BCUT2D eigenvalue weighted by molar-refractivity contribution is -0.131. The van der Waals surface area contributed by atoms with E-state index in [0.717, 1.165) is 13.0 Å². The van der Waals surface area contributed by atoms with E-state index >= 15 is 0 Å². The number of hydrogen-bond acceptors (Lipinski definition) is 6. The largest absolute Gasteiger partial charge is 0.424 e. The lowest BCUT2D eigenvalue weighted by atomic mass is 10.1. The number of benzene rings is 3. The Hall–Kier alpha value is -3.43. The quantitative estimate of drug-likeness (QED) is 0.265. The Bertz CT molecular complexity index is 1190. The van der Waals surface area contributed by atoms with Gasteiger partial charge in [-0.05, 0) is 24.3 Å². The third-order valence-electron chi connectivity index (χ3n) is 3.91. The summed E-state index contributed by atoms with van der Waals surface area (Å²) in [7, 11) is -4.61. The smallest absolute Gasteiger partial charge is 0.308 e. The van der Waals surface area contributed by atoms with Crippen LogP contribution in [0.2, 0.25) is 0 Å². The van der Waals surface area contributed by atoms with Gasteiger partial charge in [0, 0.05) is 35.0 Å². The summed E-state index contributed by atoms with van der Waals surface area (Å²) in [6.45, 7) is 1.13. The molecule has 0 radical (unpaired) electrons. The fourth-order valence-electron chi connectivity index (χ4n) is 2.72. The number of nitrogens with one attached hydrogen (secondary N) is 1. The first-order valence-corrected chi connectivity index (χ1v) is 9.49. The van der Waals surface area contributed by atoms with E-state index in [1.807, 2.05) is 0 Å². The molecule has 0 saturated carbocycles. The summed E-state index contributed by atoms with van der Waals surface area (Å²) in [4.78, 5) is 23.7. The predicted octanol–water partition coefficient (Wildman–Crippen LogP) is 2.85. The molecule has 0 aliphatic carbocycles. The highest BCUT2D eigenvalue weighted by atomic mass is 32.2. The lowest BCUT2D eigenvalue weighted by Crippen LogP contribution is -2.15. The van der Waals surface area contributed by atoms with Gasteiger partial charge in [-0.2, -0.15) is 8.42 Å². The molecule has 3 aromatic rings. The molecule has 9 heteroatoms. The van der Waals surface area contributed by atoms with Crippen LogP contribution in [0.3, 0.4) is 0 Å². The summed E-state index contributed by atoms with van der Waals surface area (Å²) in [6, 6.07) is 13.3. The number of ether oxygens (including phenoxy) is 1. The van der Waals surface area contributed by atoms with Crippen molar-refractivity contribution >= 4 is 44.1 Å². The molecule has 0 unspecified atom stereocenters. The first-order chi connectivity index (χ1) is 13.2. The number of anilines is 2. The second-order valence-electron chi connectivity index (χ2n) is 5.94. The van der Waals surface area contributed by atoms with Crippen molar-refractivity contribution in [3.63, 3.8) is 0 Å². The monoisotopic (exact) mass is 400 g/mol. The van der Waals surface area contributed by atoms with Gasteiger partial charge in [-0.3, -0.25) is 14.1 Å². The minimum absolute atomic E-state index is 0.0972. The minimum Gasteiger partial charge on any atom is -0.424 e. The molecule has 0 aliphatic rings. The average Bonchev–Trinajstić information content (AvgIpc) is 2.62. The van der Waals surface area contributed by atoms with E-state index in [0.29, 0.717) is 11.3 Å². The summed E-state index contributed by atoms with van der Waals surface area (Å²) in [5, 5.41) is 3.08. The van der Waals surface area contributed by atoms with Crippen LogP contribution in [0, 0.1) is 0 Å². The third-order valence-corrected chi connectivity index (χ3v) is 4.81. The van der Waals surface area contributed by atoms with Gasteiger partial charge in [-0.15, -0.1) is 0 Å². The third kappa shape index (κ3) is 3.95. The van der Waals surface area contributed by atoms with E-state index in [-0.39, 0.29) is 22.2 Å². The van der Waals surface area contributed by atoms with Crippen LogP contribution < -0.4 is 15.8 Å². The van der Waals surface area contributed by atoms with Crippen molar-refractivity contribution in [2.75, 3.05) is 11.1 Å². The molecular formula is C19H16N2O6S. The van der Waals surface area contributed by atoms with E-state index in [9.17, 15) is 22.6 Å². The minimum atomic E-state index is -4.61. The SMILES string of the molecule is CC(=O)Oc1cc(S(=O)(=O)O)c2ccccc2c1NC(=O)c1ccc(N)cc1. The van der Waals surface area contributed by atoms with Crippen molar-refractivity contribution in [2.24, 2.45) is 0 Å². The zero-order valence-corrected chi connectivity index (χ0v) is 15.5. The van der Waals surface area contributed by atoms with Gasteiger partial charge in [0.15, 0.2) is 5.75 Å². The molecule has 0 spiro atoms. The second kappa shape index (κ2) is 7.29. The molecule has 3 aromatic carbocycles. The van der Waals surface area contributed by atoms with Crippen LogP contribution in [0.4, 0.5) is 11.4 Å². The molecule has 28 heavy (non-hydrogen) atoms. The van der Waals surface area contributed by atoms with Gasteiger partial charge in [-0.1, -0.05) is 24.3 Å². The Labute approximate surface area is 160 Å². The Balaban J connectivity index is 2.21. The highest BCUT2D eigenvalue weighted by Crippen LogP contribution is 2.38. The molecule has 1 amide bonds. The summed E-state index contributed by atoms with van der Waals surface area (Å²) >= 11 is 0. The summed E-state index contributed by atoms with van der Waals surface area (Å²) in [5.41, 5.74) is 6.50. The zero-order chi connectivity index (χ0) is 20.5. The summed E-state index contributed by atoms with van der Waals surface area (Å²) < 4.78 is 38.2. The Morgan fingerprint density at radius 3 is 2.21 bits per heavy atom. The molecule has 3 rings (SSSR count). The fourth-order valence-corrected chi connectivity index (χ4v) is 3.43. The predicted molar refractivity (Wildman–Crippen MR) is 104 cm³/mol. The van der Waals surface area contributed by atoms with Crippen LogP contribution in [0.1, 0.15) is 17.3 Å². The van der Waals surface area contributed by atoms with Gasteiger partial charge in [0.05, 0.1) is 5.69 Å². The van der Waals surface area contributed by atoms with Crippen LogP contribution in [-0.2, 0) is 14.9 Å². The molecule has 0 aromatic heterocycles. The molecule has 0 aliphatic heterocycles. The Morgan fingerprint density at radius 2 is 1.64 bits per heavy atom. The van der Waals surface area contributed by atoms with Crippen LogP contribution in [-0.4, -0.2) is 24.8 Å². The maximum absolute atomic E-state index is 12.6. The Kier molecular flexibility index (Phi) is 5.04. The average molecular weight is 400 g/mol. The summed E-state index contributed by atoms with van der Waals surface area (Å²) in [5.74, 6) is -1.44. The first-order valence-electron chi connectivity index (χ1n) is 8.05. The molecule has 8 nitrogen and oxygen atoms in total. The van der Waals surface area contributed by atoms with Gasteiger partial charge in [0.1, 0.15) is 4.90 Å². The molecule has 0 heterocycles. The van der Waals surface area contributed by atoms with Gasteiger partial charge in [0.25, 0.3) is 16.0 Å². The normalized spacial score (nSPS) is 11.2. The highest BCUT2D eigenvalue weighted by molar-refractivity contribution is 7.86. The van der Waals surface area contributed by atoms with Gasteiger partial charge in [-0.25, -0.2) is 0 Å². The number of hydrogen-bond donors (Lipinski definition) is 3. The van der Waals surface area contributed by atoms with Crippen molar-refractivity contribution in [1.82, 2.24) is 0 Å². The lowest BCUT2D eigenvalue weighted by Gasteiger charge is -2.16. The number of rotatable bonds is 4. The van der Waals surface area contributed by atoms with Gasteiger partial charge >= 0.3 is 5.97 Å². The first kappa shape index (κ1) is 19.3. The van der Waals surface area contributed by atoms with Gasteiger partial charge in [0.2, 0.25) is 0 Å². The van der Waals surface area contributed by atoms with E-state index in [1.54, 1.807) is 24.3 Å². The fraction of sp³-hybridized carbons (Fsp3) is 0.0526. The van der Waals surface area contributed by atoms with E-state index in [2.05, 4.69) is 5.32 Å². The van der Waals surface area contributed by atoms with Crippen LogP contribution in [0.25, 0.3) is 10.8 Å². The van der Waals surface area contributed by atoms with Crippen molar-refractivity contribution in [1.29, 1.82) is 0 Å². The Morgan fingerprint density at radius 1 is 1.04 bits per heavy atom. The maximum atomic E-state index is 12.6. The number of nitrogens with two attached hydrogens (primary N) is 1. The molecular weight excluding hydrogens is 384 g/mol. The van der Waals surface area contributed by atoms with Crippen molar-refractivity contribution in [2.45, 2.75) is 11.8 Å². The zero-order valence-electron chi connectivity index (χ0n) is 14.7. The van der Waals surface area contributed by atoms with E-state index in [4.69, 9.17) is 10.5 Å². The van der Waals surface area contributed by atoms with Gasteiger partial charge < -0.3 is 15.8 Å². The van der Waals surface area contributed by atoms with Crippen molar-refractivity contribution in [3.8, 4) is 5.75 Å². The second-order valence-corrected chi connectivity index (χ2v) is 7.33. The van der Waals surface area contributed by atoms with Crippen LogP contribution in [0.5, 0.6) is 5.75 Å². The number of nitrogen functional groups attached to an aromatic ring is 1. The molecule has 0 bridgehead atoms. The number of esters is 1. The number of carbonyl (C=O) groups excluding carboxylic acids is 2. The standard InChI is InChI=1S/C19H16N2O6S/c1-11(22)27-16-10-17(28(24,25)26)14-4-2-3-5-15(14)18(16)21-19(23)12-6-8-13(20)9-7-12/h2-10H,20H2,1H3,(H,21,23)(H,24,25,26). The van der Waals surface area contributed by atoms with E-state index < -0.39 is 26.9 Å². The van der Waals surface area contributed by atoms with Crippen LogP contribution >= 0.6 is 0 Å².